The summed E-state index contributed by atoms with van der Waals surface area (Å²) in [6, 6.07) is 0. The van der Waals surface area contributed by atoms with E-state index in [0.29, 0.717) is 0 Å². The predicted molar refractivity (Wildman–Crippen MR) is 103 cm³/mol. The van der Waals surface area contributed by atoms with Crippen LogP contribution >= 0.6 is 9.24 Å². The maximum absolute atomic E-state index is 9.56. The van der Waals surface area contributed by atoms with Crippen LogP contribution in [-0.2, 0) is 14.6 Å². The summed E-state index contributed by atoms with van der Waals surface area (Å²) in [5, 5.41) is 0. The van der Waals surface area contributed by atoms with Crippen LogP contribution in [0.15, 0.2) is 0 Å². The van der Waals surface area contributed by atoms with Crippen molar-refractivity contribution in [2.24, 2.45) is 5.92 Å². The van der Waals surface area contributed by atoms with Gasteiger partial charge in [-0.25, -0.2) is 4.18 Å². The summed E-state index contributed by atoms with van der Waals surface area (Å²) in [4.78, 5) is 0. The smallest absolute Gasteiger partial charge is 0.264 e. The molecule has 0 fully saturated rings. The van der Waals surface area contributed by atoms with Crippen LogP contribution in [0.5, 0.6) is 0 Å². The van der Waals surface area contributed by atoms with Gasteiger partial charge in [0.05, 0.1) is 6.61 Å². The van der Waals surface area contributed by atoms with Crippen LogP contribution in [0.4, 0.5) is 0 Å². The van der Waals surface area contributed by atoms with Crippen molar-refractivity contribution < 1.29 is 17.2 Å². The summed E-state index contributed by atoms with van der Waals surface area (Å²) < 4.78 is 30.7. The molecule has 0 aliphatic heterocycles. The lowest BCUT2D eigenvalue weighted by molar-refractivity contribution is 0.283. The van der Waals surface area contributed by atoms with Gasteiger partial charge in [-0.3, -0.25) is 4.55 Å². The van der Waals surface area contributed by atoms with E-state index in [4.69, 9.17) is 4.55 Å². The number of unbranched alkanes of at least 4 members (excludes halogenated alkanes) is 8. The van der Waals surface area contributed by atoms with E-state index in [9.17, 15) is 8.42 Å². The van der Waals surface area contributed by atoms with Gasteiger partial charge in [0, 0.05) is 0 Å². The molecule has 0 aliphatic rings. The monoisotopic (exact) mass is 370 g/mol. The molecule has 0 spiro atoms. The third-order valence-electron chi connectivity index (χ3n) is 3.73. The van der Waals surface area contributed by atoms with E-state index in [1.54, 1.807) is 0 Å². The average Bonchev–Trinajstić information content (AvgIpc) is 2.45. The standard InChI is InChI=1S/C15H33P.C2H6O4S/c1-3-4-5-6-7-8-9-10-11-12-15(2)13-14-16;1-2-6-7(3,4)5/h15H,3-14,16H2,1-2H3;2H2,1H3,(H,3,4,5). The van der Waals surface area contributed by atoms with Crippen LogP contribution < -0.4 is 0 Å². The number of rotatable bonds is 14. The van der Waals surface area contributed by atoms with E-state index < -0.39 is 10.4 Å². The molecule has 6 heteroatoms. The highest BCUT2D eigenvalue weighted by Gasteiger charge is 2.00. The Morgan fingerprint density at radius 3 is 1.74 bits per heavy atom. The Kier molecular flexibility index (Phi) is 20.7. The van der Waals surface area contributed by atoms with Crippen molar-refractivity contribution in [1.29, 1.82) is 0 Å². The zero-order valence-corrected chi connectivity index (χ0v) is 17.4. The maximum atomic E-state index is 9.56. The molecule has 0 aromatic heterocycles. The van der Waals surface area contributed by atoms with Gasteiger partial charge in [0.2, 0.25) is 0 Å². The van der Waals surface area contributed by atoms with Crippen molar-refractivity contribution in [3.8, 4) is 0 Å². The Labute approximate surface area is 147 Å². The van der Waals surface area contributed by atoms with E-state index in [1.807, 2.05) is 0 Å². The van der Waals surface area contributed by atoms with Crippen molar-refractivity contribution in [2.45, 2.75) is 91.4 Å². The SMILES string of the molecule is CCCCCCCCCCCC(C)CCP.CCOS(=O)(=O)O. The fourth-order valence-electron chi connectivity index (χ4n) is 2.38. The van der Waals surface area contributed by atoms with Crippen LogP contribution in [-0.4, -0.2) is 25.7 Å². The molecule has 4 nitrogen and oxygen atoms in total. The maximum Gasteiger partial charge on any atom is 0.397 e. The van der Waals surface area contributed by atoms with Gasteiger partial charge >= 0.3 is 10.4 Å². The molecule has 0 aliphatic carbocycles. The fourth-order valence-corrected chi connectivity index (χ4v) is 3.25. The van der Waals surface area contributed by atoms with E-state index in [-0.39, 0.29) is 6.61 Å². The van der Waals surface area contributed by atoms with Gasteiger partial charge in [-0.1, -0.05) is 78.1 Å². The van der Waals surface area contributed by atoms with Crippen molar-refractivity contribution in [3.63, 3.8) is 0 Å². The lowest BCUT2D eigenvalue weighted by Gasteiger charge is -2.09. The summed E-state index contributed by atoms with van der Waals surface area (Å²) in [5.74, 6) is 0.946. The van der Waals surface area contributed by atoms with Gasteiger partial charge in [0.25, 0.3) is 0 Å². The number of hydrogen-bond donors (Lipinski definition) is 1. The largest absolute Gasteiger partial charge is 0.397 e. The second-order valence-electron chi connectivity index (χ2n) is 6.13. The molecular weight excluding hydrogens is 331 g/mol. The van der Waals surface area contributed by atoms with Crippen molar-refractivity contribution >= 4 is 19.6 Å². The summed E-state index contributed by atoms with van der Waals surface area (Å²) in [6.45, 7) is 6.12. The van der Waals surface area contributed by atoms with E-state index >= 15 is 0 Å². The van der Waals surface area contributed by atoms with Crippen LogP contribution in [0.2, 0.25) is 0 Å². The van der Waals surface area contributed by atoms with Crippen LogP contribution in [0.25, 0.3) is 0 Å². The van der Waals surface area contributed by atoms with Crippen molar-refractivity contribution in [1.82, 2.24) is 0 Å². The van der Waals surface area contributed by atoms with Gasteiger partial charge in [-0.15, -0.1) is 9.24 Å². The number of hydrogen-bond acceptors (Lipinski definition) is 3. The molecule has 1 N–H and O–H groups in total. The normalized spacial score (nSPS) is 12.6. The quantitative estimate of drug-likeness (QED) is 0.244. The van der Waals surface area contributed by atoms with Gasteiger partial charge in [-0.05, 0) is 25.4 Å². The van der Waals surface area contributed by atoms with Gasteiger partial charge < -0.3 is 0 Å². The highest BCUT2D eigenvalue weighted by Crippen LogP contribution is 2.16. The Bertz CT molecular complexity index is 321. The summed E-state index contributed by atoms with van der Waals surface area (Å²) >= 11 is 0. The average molecular weight is 371 g/mol. The first-order chi connectivity index (χ1) is 10.9. The molecule has 0 radical (unpaired) electrons. The lowest BCUT2D eigenvalue weighted by Crippen LogP contribution is -2.01. The van der Waals surface area contributed by atoms with Crippen LogP contribution in [0.1, 0.15) is 91.4 Å². The molecule has 142 valence electrons. The molecule has 2 atom stereocenters. The second-order valence-corrected chi connectivity index (χ2v) is 7.80. The van der Waals surface area contributed by atoms with Gasteiger partial charge in [0.1, 0.15) is 0 Å². The second kappa shape index (κ2) is 18.6. The molecule has 23 heavy (non-hydrogen) atoms. The van der Waals surface area contributed by atoms with Crippen LogP contribution in [0.3, 0.4) is 0 Å². The fraction of sp³-hybridized carbons (Fsp3) is 1.00. The van der Waals surface area contributed by atoms with E-state index in [0.717, 1.165) is 5.92 Å². The first-order valence-electron chi connectivity index (χ1n) is 9.19. The zero-order valence-electron chi connectivity index (χ0n) is 15.4. The highest BCUT2D eigenvalue weighted by atomic mass is 32.3. The highest BCUT2D eigenvalue weighted by molar-refractivity contribution is 7.80. The Balaban J connectivity index is 0. The Morgan fingerprint density at radius 1 is 0.913 bits per heavy atom. The van der Waals surface area contributed by atoms with E-state index in [1.165, 1.54) is 83.7 Å². The van der Waals surface area contributed by atoms with Gasteiger partial charge in [0.15, 0.2) is 0 Å². The molecule has 0 heterocycles. The van der Waals surface area contributed by atoms with Crippen molar-refractivity contribution in [3.05, 3.63) is 0 Å². The summed E-state index contributed by atoms with van der Waals surface area (Å²) in [6.07, 6.45) is 17.2. The Morgan fingerprint density at radius 2 is 1.39 bits per heavy atom. The van der Waals surface area contributed by atoms with E-state index in [2.05, 4.69) is 27.3 Å². The molecule has 0 bridgehead atoms. The van der Waals surface area contributed by atoms with Crippen molar-refractivity contribution in [2.75, 3.05) is 12.8 Å². The third kappa shape index (κ3) is 27.4. The minimum atomic E-state index is -4.17. The molecule has 2 unspecified atom stereocenters. The third-order valence-corrected chi connectivity index (χ3v) is 4.59. The molecule has 0 saturated heterocycles. The minimum absolute atomic E-state index is 0.0289. The Hall–Kier alpha value is 0.300. The first kappa shape index (κ1) is 25.5. The van der Waals surface area contributed by atoms with Gasteiger partial charge in [-0.2, -0.15) is 8.42 Å². The summed E-state index contributed by atoms with van der Waals surface area (Å²) in [7, 11) is -1.34. The zero-order chi connectivity index (χ0) is 18.0. The summed E-state index contributed by atoms with van der Waals surface area (Å²) in [5.41, 5.74) is 0. The van der Waals surface area contributed by atoms with Crippen LogP contribution in [0, 0.1) is 5.92 Å². The molecule has 0 aromatic rings. The topological polar surface area (TPSA) is 63.6 Å². The molecule has 0 amide bonds. The minimum Gasteiger partial charge on any atom is -0.264 e. The molecule has 0 aromatic carbocycles. The molecular formula is C17H39O4PS. The first-order valence-corrected chi connectivity index (χ1v) is 11.4. The lowest BCUT2D eigenvalue weighted by atomic mass is 9.99. The molecule has 0 rings (SSSR count). The molecule has 0 saturated carbocycles. The predicted octanol–water partition coefficient (Wildman–Crippen LogP) is 5.63.